The largest absolute Gasteiger partial charge is 0.494 e. The van der Waals surface area contributed by atoms with Crippen molar-refractivity contribution in [1.29, 1.82) is 0 Å². The lowest BCUT2D eigenvalue weighted by Gasteiger charge is -2.24. The van der Waals surface area contributed by atoms with Crippen LogP contribution in [0.15, 0.2) is 98.2 Å². The molecule has 0 spiro atoms. The van der Waals surface area contributed by atoms with Crippen LogP contribution < -0.4 is 23.9 Å². The van der Waals surface area contributed by atoms with Crippen molar-refractivity contribution in [3.8, 4) is 17.2 Å². The number of methoxy groups -OCH3 is 1. The minimum absolute atomic E-state index is 0.0491. The molecule has 0 atom stereocenters. The third kappa shape index (κ3) is 9.10. The number of nitrogens with zero attached hydrogens (tertiary/aromatic N) is 2. The Balaban J connectivity index is 1.50. The lowest BCUT2D eigenvalue weighted by Crippen LogP contribution is -2.39. The molecule has 0 heterocycles. The van der Waals surface area contributed by atoms with Crippen molar-refractivity contribution in [3.63, 3.8) is 0 Å². The highest BCUT2D eigenvalue weighted by Gasteiger charge is 2.27. The maximum atomic E-state index is 13.7. The Kier molecular flexibility index (Phi) is 12.6. The average molecular weight is 768 g/mol. The number of carbonyl (C=O) groups excluding carboxylic acids is 1. The first kappa shape index (κ1) is 35.4. The number of rotatable bonds is 14. The average Bonchev–Trinajstić information content (AvgIpc) is 3.04. The predicted octanol–water partition coefficient (Wildman–Crippen LogP) is 7.81. The Labute approximate surface area is 291 Å². The van der Waals surface area contributed by atoms with E-state index in [0.29, 0.717) is 49.6 Å². The van der Waals surface area contributed by atoms with Gasteiger partial charge in [-0.3, -0.25) is 9.10 Å². The lowest BCUT2D eigenvalue weighted by atomic mass is 10.2. The molecular weight excluding hydrogens is 737 g/mol. The second-order valence-corrected chi connectivity index (χ2v) is 13.9. The van der Waals surface area contributed by atoms with Crippen LogP contribution in [0.1, 0.15) is 18.1 Å². The van der Waals surface area contributed by atoms with E-state index in [1.807, 2.05) is 13.2 Å². The molecule has 14 heteroatoms. The molecule has 0 saturated carbocycles. The summed E-state index contributed by atoms with van der Waals surface area (Å²) in [5, 5.41) is 5.05. The number of hydrogen-bond acceptors (Lipinski definition) is 8. The SMILES string of the molecule is CCOc1ccc(N(CC(=O)N/N=C\c2cc(Br)c(OCc3ccc(Cl)cc3Cl)c(OC)c2)S(=O)(=O)c2ccc(SC)cc2)cc1. The van der Waals surface area contributed by atoms with Crippen LogP contribution in [0.2, 0.25) is 10.0 Å². The van der Waals surface area contributed by atoms with Crippen LogP contribution in [0.3, 0.4) is 0 Å². The Bertz CT molecular complexity index is 1810. The van der Waals surface area contributed by atoms with E-state index in [-0.39, 0.29) is 11.5 Å². The van der Waals surface area contributed by atoms with Gasteiger partial charge < -0.3 is 14.2 Å². The number of benzene rings is 4. The molecular formula is C32H30BrCl2N3O6S2. The molecule has 0 radical (unpaired) electrons. The van der Waals surface area contributed by atoms with Crippen LogP contribution in [-0.4, -0.2) is 47.1 Å². The number of anilines is 1. The first-order valence-corrected chi connectivity index (χ1v) is 17.9. The topological polar surface area (TPSA) is 107 Å². The third-order valence-corrected chi connectivity index (χ3v) is 10.1. The molecule has 4 aromatic rings. The van der Waals surface area contributed by atoms with Gasteiger partial charge in [0, 0.05) is 20.5 Å². The van der Waals surface area contributed by atoms with Gasteiger partial charge in [-0.1, -0.05) is 29.3 Å². The van der Waals surface area contributed by atoms with Crippen molar-refractivity contribution in [3.05, 3.63) is 105 Å². The van der Waals surface area contributed by atoms with Crippen LogP contribution in [0.4, 0.5) is 5.69 Å². The molecule has 0 fully saturated rings. The highest BCUT2D eigenvalue weighted by molar-refractivity contribution is 9.10. The number of amides is 1. The van der Waals surface area contributed by atoms with Crippen molar-refractivity contribution in [1.82, 2.24) is 5.43 Å². The predicted molar refractivity (Wildman–Crippen MR) is 188 cm³/mol. The highest BCUT2D eigenvalue weighted by atomic mass is 79.9. The van der Waals surface area contributed by atoms with Crippen molar-refractivity contribution >= 4 is 78.7 Å². The number of hydrogen-bond donors (Lipinski definition) is 1. The smallest absolute Gasteiger partial charge is 0.264 e. The van der Waals surface area contributed by atoms with Gasteiger partial charge in [0.15, 0.2) is 11.5 Å². The molecule has 9 nitrogen and oxygen atoms in total. The van der Waals surface area contributed by atoms with E-state index in [4.69, 9.17) is 37.4 Å². The fourth-order valence-corrected chi connectivity index (χ4v) is 7.02. The molecule has 0 aliphatic rings. The summed E-state index contributed by atoms with van der Waals surface area (Å²) in [6, 6.07) is 21.5. The zero-order valence-electron chi connectivity index (χ0n) is 25.0. The van der Waals surface area contributed by atoms with Gasteiger partial charge in [-0.2, -0.15) is 5.10 Å². The minimum Gasteiger partial charge on any atom is -0.494 e. The molecule has 0 bridgehead atoms. The van der Waals surface area contributed by atoms with Crippen molar-refractivity contribution in [2.24, 2.45) is 5.10 Å². The van der Waals surface area contributed by atoms with E-state index in [9.17, 15) is 13.2 Å². The van der Waals surface area contributed by atoms with Crippen LogP contribution in [0.5, 0.6) is 17.2 Å². The number of carbonyl (C=O) groups is 1. The quantitative estimate of drug-likeness (QED) is 0.0793. The van der Waals surface area contributed by atoms with Crippen LogP contribution in [-0.2, 0) is 21.4 Å². The van der Waals surface area contributed by atoms with Crippen LogP contribution in [0.25, 0.3) is 0 Å². The van der Waals surface area contributed by atoms with E-state index >= 15 is 0 Å². The van der Waals surface area contributed by atoms with E-state index in [1.54, 1.807) is 66.7 Å². The number of sulfonamides is 1. The monoisotopic (exact) mass is 765 g/mol. The Hall–Kier alpha value is -3.42. The molecule has 4 rings (SSSR count). The summed E-state index contributed by atoms with van der Waals surface area (Å²) >= 11 is 17.2. The molecule has 0 aromatic heterocycles. The standard InChI is InChI=1S/C32H30BrCl2N3O6S2/c1-4-43-25-9-7-24(8-10-25)38(46(40,41)27-13-11-26(45-3)12-14-27)19-31(39)37-36-18-21-15-28(33)32(30(16-21)42-2)44-20-22-5-6-23(34)17-29(22)35/h5-18H,4,19-20H2,1-3H3,(H,37,39)/b36-18-. The molecule has 0 unspecified atom stereocenters. The molecule has 0 aliphatic carbocycles. The van der Waals surface area contributed by atoms with E-state index in [0.717, 1.165) is 14.8 Å². The second kappa shape index (κ2) is 16.4. The number of halogens is 3. The molecule has 46 heavy (non-hydrogen) atoms. The zero-order chi connectivity index (χ0) is 33.3. The van der Waals surface area contributed by atoms with Gasteiger partial charge in [-0.15, -0.1) is 11.8 Å². The van der Waals surface area contributed by atoms with Gasteiger partial charge in [0.2, 0.25) is 0 Å². The van der Waals surface area contributed by atoms with E-state index < -0.39 is 22.5 Å². The summed E-state index contributed by atoms with van der Waals surface area (Å²) in [6.45, 7) is 1.96. The molecule has 1 N–H and O–H groups in total. The second-order valence-electron chi connectivity index (χ2n) is 9.47. The first-order chi connectivity index (χ1) is 22.0. The summed E-state index contributed by atoms with van der Waals surface area (Å²) < 4.78 is 46.0. The van der Waals surface area contributed by atoms with E-state index in [1.165, 1.54) is 37.2 Å². The fraction of sp³-hybridized carbons (Fsp3) is 0.188. The number of thioether (sulfide) groups is 1. The normalized spacial score (nSPS) is 11.3. The third-order valence-electron chi connectivity index (χ3n) is 6.41. The highest BCUT2D eigenvalue weighted by Crippen LogP contribution is 2.37. The molecule has 242 valence electrons. The summed E-state index contributed by atoms with van der Waals surface area (Å²) in [5.41, 5.74) is 4.03. The summed E-state index contributed by atoms with van der Waals surface area (Å²) in [6.07, 6.45) is 3.30. The molecule has 0 saturated heterocycles. The van der Waals surface area contributed by atoms with Gasteiger partial charge in [0.1, 0.15) is 18.9 Å². The van der Waals surface area contributed by atoms with E-state index in [2.05, 4.69) is 26.5 Å². The maximum Gasteiger partial charge on any atom is 0.264 e. The molecule has 0 aliphatic heterocycles. The maximum absolute atomic E-state index is 13.7. The lowest BCUT2D eigenvalue weighted by molar-refractivity contribution is -0.119. The van der Waals surface area contributed by atoms with Gasteiger partial charge in [-0.25, -0.2) is 13.8 Å². The summed E-state index contributed by atoms with van der Waals surface area (Å²) in [7, 11) is -2.61. The van der Waals surface area contributed by atoms with Gasteiger partial charge >= 0.3 is 0 Å². The minimum atomic E-state index is -4.11. The number of hydrazone groups is 1. The van der Waals surface area contributed by atoms with Crippen molar-refractivity contribution < 1.29 is 27.4 Å². The first-order valence-electron chi connectivity index (χ1n) is 13.7. The summed E-state index contributed by atoms with van der Waals surface area (Å²) in [4.78, 5) is 14.0. The van der Waals surface area contributed by atoms with Crippen molar-refractivity contribution in [2.45, 2.75) is 23.3 Å². The van der Waals surface area contributed by atoms with Gasteiger partial charge in [-0.05, 0) is 107 Å². The van der Waals surface area contributed by atoms with Gasteiger partial charge in [0.05, 0.1) is 35.0 Å². The zero-order valence-corrected chi connectivity index (χ0v) is 29.7. The Morgan fingerprint density at radius 3 is 2.37 bits per heavy atom. The Morgan fingerprint density at radius 2 is 1.74 bits per heavy atom. The van der Waals surface area contributed by atoms with Crippen LogP contribution >= 0.6 is 50.9 Å². The fourth-order valence-electron chi connectivity index (χ4n) is 4.15. The summed E-state index contributed by atoms with van der Waals surface area (Å²) in [5.74, 6) is 0.776. The molecule has 1 amide bonds. The molecule has 4 aromatic carbocycles. The van der Waals surface area contributed by atoms with Crippen molar-refractivity contribution in [2.75, 3.05) is 30.8 Å². The number of ether oxygens (including phenoxy) is 3. The van der Waals surface area contributed by atoms with Crippen LogP contribution in [0, 0.1) is 0 Å². The number of nitrogens with one attached hydrogen (secondary N) is 1. The Morgan fingerprint density at radius 1 is 1.02 bits per heavy atom. The van der Waals surface area contributed by atoms with Gasteiger partial charge in [0.25, 0.3) is 15.9 Å².